The summed E-state index contributed by atoms with van der Waals surface area (Å²) in [5, 5.41) is 2.65. The molecular weight excluding hydrogens is 384 g/mol. The van der Waals surface area contributed by atoms with Crippen molar-refractivity contribution in [2.75, 3.05) is 19.5 Å². The Morgan fingerprint density at radius 1 is 1.11 bits per heavy atom. The van der Waals surface area contributed by atoms with Crippen molar-refractivity contribution in [3.8, 4) is 0 Å². The number of carbonyl (C=O) groups excluding carboxylic acids is 2. The van der Waals surface area contributed by atoms with E-state index < -0.39 is 28.0 Å². The maximum absolute atomic E-state index is 12.3. The molecule has 0 aliphatic heterocycles. The molecule has 0 saturated heterocycles. The molecule has 9 heteroatoms. The van der Waals surface area contributed by atoms with E-state index in [1.165, 1.54) is 39.3 Å². The van der Waals surface area contributed by atoms with Gasteiger partial charge in [-0.05, 0) is 44.2 Å². The van der Waals surface area contributed by atoms with Crippen LogP contribution in [0.2, 0.25) is 0 Å². The van der Waals surface area contributed by atoms with Crippen molar-refractivity contribution in [1.82, 2.24) is 4.47 Å². The van der Waals surface area contributed by atoms with Crippen molar-refractivity contribution < 1.29 is 27.6 Å². The number of nitrogens with zero attached hydrogens (tertiary/aromatic N) is 1. The summed E-state index contributed by atoms with van der Waals surface area (Å²) >= 11 is 0. The number of anilines is 1. The third-order valence-corrected chi connectivity index (χ3v) is 5.61. The topological polar surface area (TPSA) is 102 Å². The molecule has 8 nitrogen and oxygen atoms in total. The van der Waals surface area contributed by atoms with Gasteiger partial charge in [-0.25, -0.2) is 13.2 Å². The fraction of sp³-hybridized carbons (Fsp3) is 0.263. The van der Waals surface area contributed by atoms with Crippen LogP contribution in [-0.4, -0.2) is 45.0 Å². The first-order valence-corrected chi connectivity index (χ1v) is 9.80. The van der Waals surface area contributed by atoms with Crippen LogP contribution in [0.25, 0.3) is 0 Å². The standard InChI is InChI=1S/C19H22N2O6S/c1-13-8-10-16(11-9-13)20-18(22)14(2)27-19(23)15-6-5-7-17(12-15)28(24,25)21(3)26-4/h5-12,14H,1-4H3,(H,20,22)/t14-/m1/s1. The molecule has 150 valence electrons. The molecule has 2 aromatic carbocycles. The van der Waals surface area contributed by atoms with E-state index in [0.29, 0.717) is 10.2 Å². The predicted molar refractivity (Wildman–Crippen MR) is 103 cm³/mol. The van der Waals surface area contributed by atoms with Crippen LogP contribution in [0.3, 0.4) is 0 Å². The van der Waals surface area contributed by atoms with Crippen LogP contribution < -0.4 is 5.32 Å². The predicted octanol–water partition coefficient (Wildman–Crippen LogP) is 2.36. The van der Waals surface area contributed by atoms with E-state index in [1.807, 2.05) is 19.1 Å². The first-order chi connectivity index (χ1) is 13.1. The van der Waals surface area contributed by atoms with E-state index in [1.54, 1.807) is 12.1 Å². The van der Waals surface area contributed by atoms with Crippen LogP contribution in [0.1, 0.15) is 22.8 Å². The molecule has 0 bridgehead atoms. The van der Waals surface area contributed by atoms with E-state index in [0.717, 1.165) is 11.6 Å². The van der Waals surface area contributed by atoms with Crippen LogP contribution >= 0.6 is 0 Å². The van der Waals surface area contributed by atoms with Gasteiger partial charge >= 0.3 is 5.97 Å². The van der Waals surface area contributed by atoms with E-state index in [4.69, 9.17) is 9.57 Å². The van der Waals surface area contributed by atoms with Crippen LogP contribution in [0.4, 0.5) is 5.69 Å². The van der Waals surface area contributed by atoms with Crippen molar-refractivity contribution in [2.24, 2.45) is 0 Å². The maximum atomic E-state index is 12.3. The smallest absolute Gasteiger partial charge is 0.338 e. The van der Waals surface area contributed by atoms with Gasteiger partial charge in [0.1, 0.15) is 0 Å². The fourth-order valence-electron chi connectivity index (χ4n) is 2.19. The monoisotopic (exact) mass is 406 g/mol. The van der Waals surface area contributed by atoms with Gasteiger partial charge in [-0.3, -0.25) is 9.63 Å². The van der Waals surface area contributed by atoms with Gasteiger partial charge in [0.25, 0.3) is 15.9 Å². The molecule has 0 heterocycles. The van der Waals surface area contributed by atoms with Crippen LogP contribution in [-0.2, 0) is 24.4 Å². The van der Waals surface area contributed by atoms with Crippen LogP contribution in [0.15, 0.2) is 53.4 Å². The lowest BCUT2D eigenvalue weighted by atomic mass is 10.2. The Kier molecular flexibility index (Phi) is 6.90. The molecule has 2 rings (SSSR count). The lowest BCUT2D eigenvalue weighted by Crippen LogP contribution is -2.30. The third kappa shape index (κ3) is 5.16. The van der Waals surface area contributed by atoms with E-state index in [9.17, 15) is 18.0 Å². The molecule has 0 radical (unpaired) electrons. The zero-order valence-corrected chi connectivity index (χ0v) is 16.8. The van der Waals surface area contributed by atoms with Crippen molar-refractivity contribution in [3.63, 3.8) is 0 Å². The summed E-state index contributed by atoms with van der Waals surface area (Å²) in [7, 11) is -1.46. The lowest BCUT2D eigenvalue weighted by Gasteiger charge is -2.16. The molecular formula is C19H22N2O6S. The van der Waals surface area contributed by atoms with Gasteiger partial charge in [-0.15, -0.1) is 0 Å². The number of nitrogens with one attached hydrogen (secondary N) is 1. The summed E-state index contributed by atoms with van der Waals surface area (Å²) in [5.74, 6) is -1.32. The zero-order chi connectivity index (χ0) is 20.9. The fourth-order valence-corrected chi connectivity index (χ4v) is 3.21. The van der Waals surface area contributed by atoms with Gasteiger partial charge in [0.2, 0.25) is 0 Å². The Bertz CT molecular complexity index is 957. The minimum absolute atomic E-state index is 0.000522. The largest absolute Gasteiger partial charge is 0.449 e. The van der Waals surface area contributed by atoms with E-state index >= 15 is 0 Å². The summed E-state index contributed by atoms with van der Waals surface area (Å²) < 4.78 is 30.4. The molecule has 0 saturated carbocycles. The Hall–Kier alpha value is -2.75. The Labute approximate surface area is 164 Å². The number of hydrogen-bond acceptors (Lipinski definition) is 6. The SMILES string of the molecule is CON(C)S(=O)(=O)c1cccc(C(=O)O[C@H](C)C(=O)Nc2ccc(C)cc2)c1. The molecule has 1 amide bonds. The van der Waals surface area contributed by atoms with Crippen molar-refractivity contribution in [3.05, 3.63) is 59.7 Å². The van der Waals surface area contributed by atoms with Crippen LogP contribution in [0, 0.1) is 6.92 Å². The summed E-state index contributed by atoms with van der Waals surface area (Å²) in [6.07, 6.45) is -1.07. The first kappa shape index (κ1) is 21.5. The molecule has 0 aliphatic rings. The minimum Gasteiger partial charge on any atom is -0.449 e. The second-order valence-corrected chi connectivity index (χ2v) is 7.96. The highest BCUT2D eigenvalue weighted by atomic mass is 32.2. The third-order valence-electron chi connectivity index (χ3n) is 3.94. The average molecular weight is 406 g/mol. The van der Waals surface area contributed by atoms with Crippen molar-refractivity contribution in [2.45, 2.75) is 24.8 Å². The zero-order valence-electron chi connectivity index (χ0n) is 16.0. The second-order valence-electron chi connectivity index (χ2n) is 6.03. The number of hydroxylamine groups is 1. The van der Waals surface area contributed by atoms with Crippen LogP contribution in [0.5, 0.6) is 0 Å². The van der Waals surface area contributed by atoms with Gasteiger partial charge in [0, 0.05) is 12.7 Å². The molecule has 28 heavy (non-hydrogen) atoms. The summed E-state index contributed by atoms with van der Waals surface area (Å²) in [5.41, 5.74) is 1.63. The normalized spacial score (nSPS) is 12.5. The average Bonchev–Trinajstić information content (AvgIpc) is 2.68. The van der Waals surface area contributed by atoms with E-state index in [2.05, 4.69) is 5.32 Å². The maximum Gasteiger partial charge on any atom is 0.338 e. The Balaban J connectivity index is 2.08. The molecule has 0 unspecified atom stereocenters. The van der Waals surface area contributed by atoms with Gasteiger partial charge in [0.05, 0.1) is 17.6 Å². The van der Waals surface area contributed by atoms with E-state index in [-0.39, 0.29) is 10.5 Å². The van der Waals surface area contributed by atoms with Crippen molar-refractivity contribution in [1.29, 1.82) is 0 Å². The van der Waals surface area contributed by atoms with Gasteiger partial charge in [-0.2, -0.15) is 0 Å². The summed E-state index contributed by atoms with van der Waals surface area (Å²) in [6, 6.07) is 12.5. The molecule has 1 N–H and O–H groups in total. The minimum atomic E-state index is -3.91. The van der Waals surface area contributed by atoms with Gasteiger partial charge < -0.3 is 10.1 Å². The lowest BCUT2D eigenvalue weighted by molar-refractivity contribution is -0.123. The highest BCUT2D eigenvalue weighted by molar-refractivity contribution is 7.89. The Morgan fingerprint density at radius 3 is 2.36 bits per heavy atom. The number of ether oxygens (including phenoxy) is 1. The van der Waals surface area contributed by atoms with Gasteiger partial charge in [0.15, 0.2) is 6.10 Å². The number of esters is 1. The first-order valence-electron chi connectivity index (χ1n) is 8.36. The molecule has 0 spiro atoms. The highest BCUT2D eigenvalue weighted by Crippen LogP contribution is 2.17. The number of benzene rings is 2. The quantitative estimate of drug-likeness (QED) is 0.559. The summed E-state index contributed by atoms with van der Waals surface area (Å²) in [4.78, 5) is 29.1. The highest BCUT2D eigenvalue weighted by Gasteiger charge is 2.24. The number of hydrogen-bond donors (Lipinski definition) is 1. The molecule has 1 atom stereocenters. The van der Waals surface area contributed by atoms with Crippen molar-refractivity contribution >= 4 is 27.6 Å². The molecule has 0 aliphatic carbocycles. The number of sulfonamides is 1. The molecule has 0 fully saturated rings. The second kappa shape index (κ2) is 8.96. The summed E-state index contributed by atoms with van der Waals surface area (Å²) in [6.45, 7) is 3.36. The molecule has 2 aromatic rings. The molecule has 0 aromatic heterocycles. The number of amides is 1. The number of carbonyl (C=O) groups is 2. The Morgan fingerprint density at radius 2 is 1.75 bits per heavy atom. The number of rotatable bonds is 7. The number of aryl methyl sites for hydroxylation is 1. The van der Waals surface area contributed by atoms with Gasteiger partial charge in [-0.1, -0.05) is 28.2 Å².